The molecule has 0 amide bonds. The first-order chi connectivity index (χ1) is 12.6. The first-order valence-corrected chi connectivity index (χ1v) is 9.66. The molecule has 140 valence electrons. The summed E-state index contributed by atoms with van der Waals surface area (Å²) in [6, 6.07) is 8.18. The van der Waals surface area contributed by atoms with Gasteiger partial charge in [0.2, 0.25) is 5.95 Å². The summed E-state index contributed by atoms with van der Waals surface area (Å²) in [7, 11) is 0. The molecule has 2 aromatic rings. The molecule has 0 spiro atoms. The highest BCUT2D eigenvalue weighted by Gasteiger charge is 2.25. The van der Waals surface area contributed by atoms with Crippen molar-refractivity contribution in [3.8, 4) is 5.69 Å². The van der Waals surface area contributed by atoms with Crippen LogP contribution in [0.25, 0.3) is 5.69 Å². The van der Waals surface area contributed by atoms with Crippen molar-refractivity contribution in [2.24, 2.45) is 0 Å². The molecule has 1 aromatic carbocycles. The number of rotatable bonds is 6. The van der Waals surface area contributed by atoms with Crippen LogP contribution >= 0.6 is 11.8 Å². The van der Waals surface area contributed by atoms with E-state index in [2.05, 4.69) is 34.2 Å². The van der Waals surface area contributed by atoms with Gasteiger partial charge in [0.25, 0.3) is 0 Å². The molecule has 0 radical (unpaired) electrons. The predicted octanol–water partition coefficient (Wildman–Crippen LogP) is 2.46. The molecule has 2 heterocycles. The number of morpholine rings is 1. The third kappa shape index (κ3) is 4.19. The monoisotopic (exact) mass is 376 g/mol. The van der Waals surface area contributed by atoms with Gasteiger partial charge in [0, 0.05) is 13.1 Å². The van der Waals surface area contributed by atoms with Crippen LogP contribution < -0.4 is 4.90 Å². The van der Waals surface area contributed by atoms with E-state index in [0.29, 0.717) is 25.0 Å². The second kappa shape index (κ2) is 8.55. The number of hydrogen-bond donors (Lipinski definition) is 0. The fourth-order valence-electron chi connectivity index (χ4n) is 2.77. The Labute approximate surface area is 157 Å². The molecule has 7 nitrogen and oxygen atoms in total. The number of ether oxygens (including phenoxy) is 2. The number of esters is 1. The summed E-state index contributed by atoms with van der Waals surface area (Å²) >= 11 is 1.36. The molecule has 0 N–H and O–H groups in total. The van der Waals surface area contributed by atoms with E-state index in [9.17, 15) is 4.79 Å². The normalized spacial score (nSPS) is 15.7. The Kier molecular flexibility index (Phi) is 6.16. The van der Waals surface area contributed by atoms with E-state index < -0.39 is 0 Å². The second-order valence-electron chi connectivity index (χ2n) is 6.07. The Morgan fingerprint density at radius 2 is 2.12 bits per heavy atom. The van der Waals surface area contributed by atoms with Gasteiger partial charge in [0.1, 0.15) is 5.25 Å². The highest BCUT2D eigenvalue weighted by Crippen LogP contribution is 2.30. The topological polar surface area (TPSA) is 69.5 Å². The van der Waals surface area contributed by atoms with Crippen molar-refractivity contribution in [2.45, 2.75) is 31.2 Å². The van der Waals surface area contributed by atoms with E-state index in [1.807, 2.05) is 23.6 Å². The summed E-state index contributed by atoms with van der Waals surface area (Å²) in [6.45, 7) is 8.92. The zero-order valence-electron chi connectivity index (χ0n) is 15.3. The van der Waals surface area contributed by atoms with Crippen LogP contribution in [0.1, 0.15) is 19.4 Å². The van der Waals surface area contributed by atoms with Crippen molar-refractivity contribution in [3.63, 3.8) is 0 Å². The molecule has 1 aromatic heterocycles. The predicted molar refractivity (Wildman–Crippen MR) is 101 cm³/mol. The van der Waals surface area contributed by atoms with Crippen LogP contribution in [-0.4, -0.2) is 58.9 Å². The fraction of sp³-hybridized carbons (Fsp3) is 0.500. The van der Waals surface area contributed by atoms with Gasteiger partial charge in [-0.2, -0.15) is 0 Å². The highest BCUT2D eigenvalue weighted by atomic mass is 32.2. The van der Waals surface area contributed by atoms with Crippen LogP contribution in [0, 0.1) is 6.92 Å². The largest absolute Gasteiger partial charge is 0.465 e. The minimum absolute atomic E-state index is 0.246. The maximum absolute atomic E-state index is 12.0. The lowest BCUT2D eigenvalue weighted by Crippen LogP contribution is -2.37. The molecule has 0 unspecified atom stereocenters. The van der Waals surface area contributed by atoms with Crippen molar-refractivity contribution in [3.05, 3.63) is 29.8 Å². The van der Waals surface area contributed by atoms with Gasteiger partial charge in [0.05, 0.1) is 25.5 Å². The smallest absolute Gasteiger partial charge is 0.319 e. The number of carbonyl (C=O) groups is 1. The van der Waals surface area contributed by atoms with Gasteiger partial charge in [0.15, 0.2) is 5.16 Å². The Bertz CT molecular complexity index is 759. The van der Waals surface area contributed by atoms with Crippen LogP contribution in [0.4, 0.5) is 5.95 Å². The number of hydrogen-bond acceptors (Lipinski definition) is 7. The van der Waals surface area contributed by atoms with Gasteiger partial charge in [-0.15, -0.1) is 10.2 Å². The van der Waals surface area contributed by atoms with Gasteiger partial charge in [-0.05, 0) is 38.5 Å². The maximum atomic E-state index is 12.0. The number of thioether (sulfide) groups is 1. The molecule has 1 atom stereocenters. The molecule has 8 heteroatoms. The van der Waals surface area contributed by atoms with Gasteiger partial charge in [-0.25, -0.2) is 0 Å². The lowest BCUT2D eigenvalue weighted by Gasteiger charge is -2.28. The van der Waals surface area contributed by atoms with Crippen LogP contribution in [0.3, 0.4) is 0 Å². The Hall–Kier alpha value is -2.06. The SMILES string of the molecule is CCOC(=O)[C@@H](C)Sc1nnc(N2CCOCC2)n1-c1cccc(C)c1. The zero-order valence-corrected chi connectivity index (χ0v) is 16.2. The number of anilines is 1. The van der Waals surface area contributed by atoms with E-state index >= 15 is 0 Å². The van der Waals surface area contributed by atoms with Crippen molar-refractivity contribution in [1.29, 1.82) is 0 Å². The summed E-state index contributed by atoms with van der Waals surface area (Å²) in [4.78, 5) is 14.2. The lowest BCUT2D eigenvalue weighted by atomic mass is 10.2. The van der Waals surface area contributed by atoms with Gasteiger partial charge in [-0.1, -0.05) is 23.9 Å². The third-order valence-electron chi connectivity index (χ3n) is 4.07. The molecule has 1 aliphatic rings. The maximum Gasteiger partial charge on any atom is 0.319 e. The van der Waals surface area contributed by atoms with Crippen molar-refractivity contribution < 1.29 is 14.3 Å². The third-order valence-corrected chi connectivity index (χ3v) is 5.09. The molecular formula is C18H24N4O3S. The van der Waals surface area contributed by atoms with Crippen molar-refractivity contribution >= 4 is 23.7 Å². The van der Waals surface area contributed by atoms with E-state index in [-0.39, 0.29) is 11.2 Å². The minimum atomic E-state index is -0.361. The van der Waals surface area contributed by atoms with Crippen molar-refractivity contribution in [1.82, 2.24) is 14.8 Å². The fourth-order valence-corrected chi connectivity index (χ4v) is 3.63. The van der Waals surface area contributed by atoms with E-state index in [0.717, 1.165) is 30.3 Å². The standard InChI is InChI=1S/C18H24N4O3S/c1-4-25-16(23)14(3)26-18-20-19-17(21-8-10-24-11-9-21)22(18)15-7-5-6-13(2)12-15/h5-7,12,14H,4,8-11H2,1-3H3/t14-/m1/s1. The summed E-state index contributed by atoms with van der Waals surface area (Å²) in [5, 5.41) is 9.10. The average Bonchev–Trinajstić information content (AvgIpc) is 3.06. The number of nitrogens with zero attached hydrogens (tertiary/aromatic N) is 4. The summed E-state index contributed by atoms with van der Waals surface area (Å²) < 4.78 is 12.6. The van der Waals surface area contributed by atoms with Crippen molar-refractivity contribution in [2.75, 3.05) is 37.8 Å². The molecule has 3 rings (SSSR count). The summed E-state index contributed by atoms with van der Waals surface area (Å²) in [5.41, 5.74) is 2.13. The number of carbonyl (C=O) groups excluding carboxylic acids is 1. The molecule has 26 heavy (non-hydrogen) atoms. The van der Waals surface area contributed by atoms with Gasteiger partial charge >= 0.3 is 5.97 Å². The molecule has 1 saturated heterocycles. The quantitative estimate of drug-likeness (QED) is 0.566. The van der Waals surface area contributed by atoms with Crippen LogP contribution in [0.2, 0.25) is 0 Å². The second-order valence-corrected chi connectivity index (χ2v) is 7.38. The lowest BCUT2D eigenvalue weighted by molar-refractivity contribution is -0.142. The molecule has 1 fully saturated rings. The van der Waals surface area contributed by atoms with E-state index in [1.165, 1.54) is 11.8 Å². The summed E-state index contributed by atoms with van der Waals surface area (Å²) in [6.07, 6.45) is 0. The first-order valence-electron chi connectivity index (χ1n) is 8.78. The molecule has 0 aliphatic carbocycles. The molecule has 0 saturated carbocycles. The van der Waals surface area contributed by atoms with Crippen LogP contribution in [0.5, 0.6) is 0 Å². The van der Waals surface area contributed by atoms with Gasteiger partial charge in [-0.3, -0.25) is 9.36 Å². The first kappa shape index (κ1) is 18.7. The average molecular weight is 376 g/mol. The zero-order chi connectivity index (χ0) is 18.5. The highest BCUT2D eigenvalue weighted by molar-refractivity contribution is 8.00. The molecule has 1 aliphatic heterocycles. The van der Waals surface area contributed by atoms with Crippen LogP contribution in [0.15, 0.2) is 29.4 Å². The number of benzene rings is 1. The van der Waals surface area contributed by atoms with E-state index in [4.69, 9.17) is 9.47 Å². The van der Waals surface area contributed by atoms with Gasteiger partial charge < -0.3 is 14.4 Å². The van der Waals surface area contributed by atoms with E-state index in [1.54, 1.807) is 6.92 Å². The Balaban J connectivity index is 1.96. The minimum Gasteiger partial charge on any atom is -0.465 e. The van der Waals surface area contributed by atoms with Crippen LogP contribution in [-0.2, 0) is 14.3 Å². The Morgan fingerprint density at radius 1 is 1.35 bits per heavy atom. The molecular weight excluding hydrogens is 352 g/mol. The summed E-state index contributed by atoms with van der Waals surface area (Å²) in [5.74, 6) is 0.529. The number of aromatic nitrogens is 3. The molecule has 0 bridgehead atoms. The Morgan fingerprint density at radius 3 is 2.81 bits per heavy atom. The number of aryl methyl sites for hydroxylation is 1.